The van der Waals surface area contributed by atoms with Gasteiger partial charge in [0.25, 0.3) is 5.89 Å². The molecule has 1 fully saturated rings. The van der Waals surface area contributed by atoms with Crippen LogP contribution in [0.1, 0.15) is 43.0 Å². The fourth-order valence-electron chi connectivity index (χ4n) is 3.13. The molecule has 1 N–H and O–H groups in total. The standard InChI is InChI=1S/C15H17N3O/c1-2-4-11(3-1)14-17-15(19-18-14)12-6-5-10-7-8-16-13(10)9-12/h5-6,9,11,16H,1-4,7-8H2. The van der Waals surface area contributed by atoms with Crippen LogP contribution in [-0.4, -0.2) is 16.7 Å². The smallest absolute Gasteiger partial charge is 0.258 e. The van der Waals surface area contributed by atoms with Gasteiger partial charge in [0.1, 0.15) is 0 Å². The van der Waals surface area contributed by atoms with E-state index in [1.165, 1.54) is 36.9 Å². The Morgan fingerprint density at radius 1 is 1.21 bits per heavy atom. The monoisotopic (exact) mass is 255 g/mol. The number of hydrogen-bond acceptors (Lipinski definition) is 4. The first kappa shape index (κ1) is 11.0. The average Bonchev–Trinajstić information content (AvgIpc) is 3.18. The molecule has 2 aromatic rings. The normalized spacial score (nSPS) is 18.5. The van der Waals surface area contributed by atoms with Crippen molar-refractivity contribution in [3.05, 3.63) is 29.6 Å². The second-order valence-electron chi connectivity index (χ2n) is 5.49. The van der Waals surface area contributed by atoms with E-state index in [0.717, 1.165) is 24.4 Å². The summed E-state index contributed by atoms with van der Waals surface area (Å²) in [6.07, 6.45) is 6.08. The van der Waals surface area contributed by atoms with E-state index >= 15 is 0 Å². The first-order valence-electron chi connectivity index (χ1n) is 7.11. The maximum atomic E-state index is 5.43. The molecule has 1 aromatic carbocycles. The molecule has 1 aliphatic carbocycles. The number of benzene rings is 1. The summed E-state index contributed by atoms with van der Waals surface area (Å²) in [5, 5.41) is 7.54. The van der Waals surface area contributed by atoms with E-state index < -0.39 is 0 Å². The highest BCUT2D eigenvalue weighted by atomic mass is 16.5. The maximum Gasteiger partial charge on any atom is 0.258 e. The van der Waals surface area contributed by atoms with Crippen LogP contribution in [0.15, 0.2) is 22.7 Å². The predicted octanol–water partition coefficient (Wildman–Crippen LogP) is 3.36. The van der Waals surface area contributed by atoms with E-state index in [0.29, 0.717) is 11.8 Å². The molecular weight excluding hydrogens is 238 g/mol. The number of anilines is 1. The zero-order valence-corrected chi connectivity index (χ0v) is 10.9. The van der Waals surface area contributed by atoms with Crippen molar-refractivity contribution in [3.8, 4) is 11.5 Å². The van der Waals surface area contributed by atoms with Gasteiger partial charge in [-0.25, -0.2) is 0 Å². The summed E-state index contributed by atoms with van der Waals surface area (Å²) in [6.45, 7) is 1.02. The molecule has 0 spiro atoms. The van der Waals surface area contributed by atoms with E-state index in [4.69, 9.17) is 4.52 Å². The minimum absolute atomic E-state index is 0.505. The summed E-state index contributed by atoms with van der Waals surface area (Å²) in [7, 11) is 0. The van der Waals surface area contributed by atoms with Crippen molar-refractivity contribution in [1.82, 2.24) is 10.1 Å². The fraction of sp³-hybridized carbons (Fsp3) is 0.467. The quantitative estimate of drug-likeness (QED) is 0.894. The summed E-state index contributed by atoms with van der Waals surface area (Å²) in [5.74, 6) is 2.05. The molecule has 1 aromatic heterocycles. The van der Waals surface area contributed by atoms with Gasteiger partial charge < -0.3 is 9.84 Å². The lowest BCUT2D eigenvalue weighted by atomic mass is 10.1. The van der Waals surface area contributed by atoms with Gasteiger partial charge in [0.15, 0.2) is 5.82 Å². The first-order valence-corrected chi connectivity index (χ1v) is 7.11. The molecule has 2 heterocycles. The first-order chi connectivity index (χ1) is 9.40. The number of nitrogens with one attached hydrogen (secondary N) is 1. The highest BCUT2D eigenvalue weighted by molar-refractivity contribution is 5.66. The number of aromatic nitrogens is 2. The Hall–Kier alpha value is -1.84. The van der Waals surface area contributed by atoms with E-state index in [1.807, 2.05) is 0 Å². The Morgan fingerprint density at radius 3 is 3.00 bits per heavy atom. The molecule has 1 aliphatic heterocycles. The van der Waals surface area contributed by atoms with Crippen LogP contribution in [0.2, 0.25) is 0 Å². The molecule has 4 nitrogen and oxygen atoms in total. The Kier molecular flexibility index (Phi) is 2.53. The molecular formula is C15H17N3O. The van der Waals surface area contributed by atoms with Crippen molar-refractivity contribution >= 4 is 5.69 Å². The largest absolute Gasteiger partial charge is 0.384 e. The molecule has 4 rings (SSSR count). The second kappa shape index (κ2) is 4.37. The van der Waals surface area contributed by atoms with E-state index in [2.05, 4.69) is 33.7 Å². The highest BCUT2D eigenvalue weighted by Crippen LogP contribution is 2.34. The van der Waals surface area contributed by atoms with Crippen LogP contribution in [0.5, 0.6) is 0 Å². The van der Waals surface area contributed by atoms with Crippen molar-refractivity contribution in [3.63, 3.8) is 0 Å². The van der Waals surface area contributed by atoms with E-state index in [-0.39, 0.29) is 0 Å². The van der Waals surface area contributed by atoms with Gasteiger partial charge in [-0.2, -0.15) is 4.98 Å². The number of rotatable bonds is 2. The predicted molar refractivity (Wildman–Crippen MR) is 73.1 cm³/mol. The summed E-state index contributed by atoms with van der Waals surface area (Å²) < 4.78 is 5.43. The zero-order valence-electron chi connectivity index (χ0n) is 10.9. The van der Waals surface area contributed by atoms with Crippen LogP contribution in [0.4, 0.5) is 5.69 Å². The van der Waals surface area contributed by atoms with Gasteiger partial charge >= 0.3 is 0 Å². The number of hydrogen-bond donors (Lipinski definition) is 1. The van der Waals surface area contributed by atoms with E-state index in [9.17, 15) is 0 Å². The average molecular weight is 255 g/mol. The lowest BCUT2D eigenvalue weighted by Gasteiger charge is -2.01. The summed E-state index contributed by atoms with van der Waals surface area (Å²) in [5.41, 5.74) is 3.60. The summed E-state index contributed by atoms with van der Waals surface area (Å²) >= 11 is 0. The number of fused-ring (bicyclic) bond motifs is 1. The highest BCUT2D eigenvalue weighted by Gasteiger charge is 2.23. The summed E-state index contributed by atoms with van der Waals surface area (Å²) in [6, 6.07) is 6.36. The topological polar surface area (TPSA) is 51.0 Å². The van der Waals surface area contributed by atoms with Gasteiger partial charge in [0.2, 0.25) is 0 Å². The molecule has 0 saturated heterocycles. The third-order valence-electron chi connectivity index (χ3n) is 4.23. The van der Waals surface area contributed by atoms with Gasteiger partial charge in [-0.05, 0) is 37.0 Å². The molecule has 98 valence electrons. The second-order valence-corrected chi connectivity index (χ2v) is 5.49. The van der Waals surface area contributed by atoms with Crippen LogP contribution in [0.25, 0.3) is 11.5 Å². The number of nitrogens with zero attached hydrogens (tertiary/aromatic N) is 2. The molecule has 0 bridgehead atoms. The minimum atomic E-state index is 0.505. The summed E-state index contributed by atoms with van der Waals surface area (Å²) in [4.78, 5) is 4.58. The minimum Gasteiger partial charge on any atom is -0.384 e. The van der Waals surface area contributed by atoms with Gasteiger partial charge in [-0.3, -0.25) is 0 Å². The van der Waals surface area contributed by atoms with Crippen molar-refractivity contribution < 1.29 is 4.52 Å². The molecule has 0 amide bonds. The molecule has 1 saturated carbocycles. The Bertz CT molecular complexity index is 599. The van der Waals surface area contributed by atoms with Gasteiger partial charge in [-0.1, -0.05) is 24.1 Å². The zero-order chi connectivity index (χ0) is 12.7. The Labute approximate surface area is 112 Å². The fourth-order valence-corrected chi connectivity index (χ4v) is 3.13. The SMILES string of the molecule is c1cc2c(cc1-c1nc(C3CCCC3)no1)NCC2. The van der Waals surface area contributed by atoms with Crippen molar-refractivity contribution in [2.24, 2.45) is 0 Å². The van der Waals surface area contributed by atoms with Crippen molar-refractivity contribution in [2.75, 3.05) is 11.9 Å². The Morgan fingerprint density at radius 2 is 2.11 bits per heavy atom. The third-order valence-corrected chi connectivity index (χ3v) is 4.23. The lowest BCUT2D eigenvalue weighted by Crippen LogP contribution is -1.94. The maximum absolute atomic E-state index is 5.43. The molecule has 0 unspecified atom stereocenters. The van der Waals surface area contributed by atoms with Crippen LogP contribution < -0.4 is 5.32 Å². The molecule has 0 radical (unpaired) electrons. The Balaban J connectivity index is 1.65. The van der Waals surface area contributed by atoms with Gasteiger partial charge in [0, 0.05) is 23.7 Å². The van der Waals surface area contributed by atoms with E-state index in [1.54, 1.807) is 0 Å². The van der Waals surface area contributed by atoms with Crippen molar-refractivity contribution in [1.29, 1.82) is 0 Å². The van der Waals surface area contributed by atoms with Crippen LogP contribution in [0.3, 0.4) is 0 Å². The molecule has 4 heteroatoms. The molecule has 2 aliphatic rings. The van der Waals surface area contributed by atoms with Gasteiger partial charge in [0.05, 0.1) is 0 Å². The molecule has 0 atom stereocenters. The van der Waals surface area contributed by atoms with Crippen LogP contribution >= 0.6 is 0 Å². The van der Waals surface area contributed by atoms with Crippen molar-refractivity contribution in [2.45, 2.75) is 38.0 Å². The molecule has 19 heavy (non-hydrogen) atoms. The van der Waals surface area contributed by atoms with Crippen LogP contribution in [-0.2, 0) is 6.42 Å². The third kappa shape index (κ3) is 1.91. The van der Waals surface area contributed by atoms with Gasteiger partial charge in [-0.15, -0.1) is 0 Å². The lowest BCUT2D eigenvalue weighted by molar-refractivity contribution is 0.416. The van der Waals surface area contributed by atoms with Crippen LogP contribution in [0, 0.1) is 0 Å².